The number of piperidine rings is 1. The van der Waals surface area contributed by atoms with E-state index in [-0.39, 0.29) is 12.6 Å². The molecule has 2 heterocycles. The first-order valence-corrected chi connectivity index (χ1v) is 7.19. The number of anilines is 2. The Labute approximate surface area is 124 Å². The molecular weight excluding hydrogens is 272 g/mol. The van der Waals surface area contributed by atoms with Crippen LogP contribution in [0.5, 0.6) is 0 Å². The van der Waals surface area contributed by atoms with Gasteiger partial charge >= 0.3 is 5.97 Å². The molecule has 21 heavy (non-hydrogen) atoms. The fourth-order valence-electron chi connectivity index (χ4n) is 2.54. The van der Waals surface area contributed by atoms with Crippen LogP contribution in [0.25, 0.3) is 0 Å². The Balaban J connectivity index is 2.22. The van der Waals surface area contributed by atoms with Crippen LogP contribution >= 0.6 is 0 Å². The van der Waals surface area contributed by atoms with Crippen LogP contribution in [0.2, 0.25) is 0 Å². The van der Waals surface area contributed by atoms with Gasteiger partial charge in [-0.1, -0.05) is 0 Å². The van der Waals surface area contributed by atoms with Crippen LogP contribution in [0.3, 0.4) is 0 Å². The Morgan fingerprint density at radius 3 is 2.95 bits per heavy atom. The van der Waals surface area contributed by atoms with Crippen molar-refractivity contribution >= 4 is 17.6 Å². The van der Waals surface area contributed by atoms with E-state index in [0.29, 0.717) is 5.82 Å². The van der Waals surface area contributed by atoms with Crippen LogP contribution in [0, 0.1) is 0 Å². The fraction of sp³-hybridized carbons (Fsp3) is 0.643. The molecule has 0 radical (unpaired) electrons. The highest BCUT2D eigenvalue weighted by Crippen LogP contribution is 2.25. The summed E-state index contributed by atoms with van der Waals surface area (Å²) in [6, 6.07) is 1.19. The van der Waals surface area contributed by atoms with Gasteiger partial charge in [0.2, 0.25) is 0 Å². The lowest BCUT2D eigenvalue weighted by Crippen LogP contribution is -2.42. The Bertz CT molecular complexity index is 497. The summed E-state index contributed by atoms with van der Waals surface area (Å²) in [5.41, 5.74) is 0. The molecule has 0 saturated carbocycles. The Morgan fingerprint density at radius 2 is 2.29 bits per heavy atom. The van der Waals surface area contributed by atoms with Crippen molar-refractivity contribution in [2.24, 2.45) is 0 Å². The van der Waals surface area contributed by atoms with E-state index in [4.69, 9.17) is 5.11 Å². The molecule has 0 amide bonds. The van der Waals surface area contributed by atoms with Gasteiger partial charge in [0.25, 0.3) is 0 Å². The number of hydrogen-bond donors (Lipinski definition) is 2. The van der Waals surface area contributed by atoms with Crippen molar-refractivity contribution in [3.63, 3.8) is 0 Å². The summed E-state index contributed by atoms with van der Waals surface area (Å²) in [6.45, 7) is 2.56. The van der Waals surface area contributed by atoms with Gasteiger partial charge in [-0.3, -0.25) is 0 Å². The van der Waals surface area contributed by atoms with Crippen molar-refractivity contribution in [3.8, 4) is 0 Å². The third-order valence-electron chi connectivity index (χ3n) is 4.07. The first kappa shape index (κ1) is 15.5. The Morgan fingerprint density at radius 1 is 1.52 bits per heavy atom. The summed E-state index contributed by atoms with van der Waals surface area (Å²) in [7, 11) is 1.70. The smallest absolute Gasteiger partial charge is 0.326 e. The number of carboxylic acids is 1. The van der Waals surface area contributed by atoms with Crippen LogP contribution in [-0.4, -0.2) is 58.4 Å². The predicted molar refractivity (Wildman–Crippen MR) is 79.6 cm³/mol. The zero-order chi connectivity index (χ0) is 15.4. The lowest BCUT2D eigenvalue weighted by atomic mass is 10.0. The first-order chi connectivity index (χ1) is 10.0. The second-order valence-corrected chi connectivity index (χ2v) is 5.39. The molecule has 116 valence electrons. The summed E-state index contributed by atoms with van der Waals surface area (Å²) in [5, 5.41) is 18.6. The molecule has 7 heteroatoms. The SMILES string of the molecule is CC(C(=O)O)N(C)c1cc(N2CCCCC2CO)ncn1. The van der Waals surface area contributed by atoms with Crippen molar-refractivity contribution in [1.82, 2.24) is 9.97 Å². The van der Waals surface area contributed by atoms with Gasteiger partial charge in [0, 0.05) is 19.7 Å². The lowest BCUT2D eigenvalue weighted by Gasteiger charge is -2.36. The van der Waals surface area contributed by atoms with Gasteiger partial charge < -0.3 is 20.0 Å². The van der Waals surface area contributed by atoms with E-state index in [9.17, 15) is 9.90 Å². The molecule has 1 aliphatic rings. The highest BCUT2D eigenvalue weighted by molar-refractivity contribution is 5.77. The van der Waals surface area contributed by atoms with Crippen LogP contribution in [0.1, 0.15) is 26.2 Å². The lowest BCUT2D eigenvalue weighted by molar-refractivity contribution is -0.138. The highest BCUT2D eigenvalue weighted by Gasteiger charge is 2.24. The van der Waals surface area contributed by atoms with Gasteiger partial charge in [0.1, 0.15) is 24.0 Å². The Hall–Kier alpha value is -1.89. The number of aliphatic hydroxyl groups excluding tert-OH is 1. The fourth-order valence-corrected chi connectivity index (χ4v) is 2.54. The largest absolute Gasteiger partial charge is 0.480 e. The normalized spacial score (nSPS) is 20.1. The maximum atomic E-state index is 11.1. The minimum absolute atomic E-state index is 0.0729. The van der Waals surface area contributed by atoms with Crippen LogP contribution < -0.4 is 9.80 Å². The van der Waals surface area contributed by atoms with Gasteiger partial charge in [0.15, 0.2) is 0 Å². The van der Waals surface area contributed by atoms with Gasteiger partial charge in [-0.2, -0.15) is 0 Å². The molecule has 2 rings (SSSR count). The third-order valence-corrected chi connectivity index (χ3v) is 4.07. The monoisotopic (exact) mass is 294 g/mol. The number of rotatable bonds is 5. The molecule has 1 aromatic rings. The quantitative estimate of drug-likeness (QED) is 0.827. The topological polar surface area (TPSA) is 89.8 Å². The van der Waals surface area contributed by atoms with E-state index in [1.165, 1.54) is 6.33 Å². The molecule has 2 N–H and O–H groups in total. The van der Waals surface area contributed by atoms with Crippen molar-refractivity contribution in [3.05, 3.63) is 12.4 Å². The number of carboxylic acid groups (broad SMARTS) is 1. The standard InChI is InChI=1S/C14H22N4O3/c1-10(14(20)21)17(2)12-7-13(16-9-15-12)18-6-4-3-5-11(18)8-19/h7,9-11,19H,3-6,8H2,1-2H3,(H,20,21). The molecule has 1 saturated heterocycles. The second-order valence-electron chi connectivity index (χ2n) is 5.39. The average molecular weight is 294 g/mol. The summed E-state index contributed by atoms with van der Waals surface area (Å²) >= 11 is 0. The maximum absolute atomic E-state index is 11.1. The van der Waals surface area contributed by atoms with E-state index in [0.717, 1.165) is 31.6 Å². The molecule has 1 aliphatic heterocycles. The molecule has 0 aliphatic carbocycles. The summed E-state index contributed by atoms with van der Waals surface area (Å²) in [4.78, 5) is 23.2. The molecule has 1 fully saturated rings. The van der Waals surface area contributed by atoms with E-state index in [2.05, 4.69) is 14.9 Å². The van der Waals surface area contributed by atoms with Crippen LogP contribution in [0.15, 0.2) is 12.4 Å². The number of carbonyl (C=O) groups is 1. The average Bonchev–Trinajstić information content (AvgIpc) is 2.53. The molecule has 2 atom stereocenters. The molecule has 2 unspecified atom stereocenters. The zero-order valence-corrected chi connectivity index (χ0v) is 12.4. The van der Waals surface area contributed by atoms with Gasteiger partial charge in [-0.25, -0.2) is 14.8 Å². The number of nitrogens with zero attached hydrogens (tertiary/aromatic N) is 4. The molecule has 0 spiro atoms. The van der Waals surface area contributed by atoms with Crippen LogP contribution in [-0.2, 0) is 4.79 Å². The van der Waals surface area contributed by atoms with Gasteiger partial charge in [-0.15, -0.1) is 0 Å². The van der Waals surface area contributed by atoms with Crippen LogP contribution in [0.4, 0.5) is 11.6 Å². The van der Waals surface area contributed by atoms with E-state index < -0.39 is 12.0 Å². The Kier molecular flexibility index (Phi) is 4.95. The number of hydrogen-bond acceptors (Lipinski definition) is 6. The van der Waals surface area contributed by atoms with Crippen molar-refractivity contribution in [1.29, 1.82) is 0 Å². The summed E-state index contributed by atoms with van der Waals surface area (Å²) in [5.74, 6) is 0.407. The van der Waals surface area contributed by atoms with Crippen molar-refractivity contribution in [2.75, 3.05) is 30.0 Å². The summed E-state index contributed by atoms with van der Waals surface area (Å²) in [6.07, 6.45) is 4.56. The predicted octanol–water partition coefficient (Wildman–Crippen LogP) is 0.737. The molecule has 1 aromatic heterocycles. The molecular formula is C14H22N4O3. The number of aliphatic hydroxyl groups is 1. The first-order valence-electron chi connectivity index (χ1n) is 7.19. The number of aromatic nitrogens is 2. The minimum Gasteiger partial charge on any atom is -0.480 e. The molecule has 0 aromatic carbocycles. The molecule has 0 bridgehead atoms. The van der Waals surface area contributed by atoms with Crippen molar-refractivity contribution < 1.29 is 15.0 Å². The van der Waals surface area contributed by atoms with Gasteiger partial charge in [-0.05, 0) is 26.2 Å². The van der Waals surface area contributed by atoms with Crippen molar-refractivity contribution in [2.45, 2.75) is 38.3 Å². The summed E-state index contributed by atoms with van der Waals surface area (Å²) < 4.78 is 0. The van der Waals surface area contributed by atoms with Gasteiger partial charge in [0.05, 0.1) is 12.6 Å². The molecule has 7 nitrogen and oxygen atoms in total. The number of likely N-dealkylation sites (N-methyl/N-ethyl adjacent to an activating group) is 1. The zero-order valence-electron chi connectivity index (χ0n) is 12.4. The maximum Gasteiger partial charge on any atom is 0.326 e. The minimum atomic E-state index is -0.899. The second kappa shape index (κ2) is 6.71. The van der Waals surface area contributed by atoms with E-state index >= 15 is 0 Å². The van der Waals surface area contributed by atoms with E-state index in [1.54, 1.807) is 24.9 Å². The number of aliphatic carboxylic acids is 1. The third kappa shape index (κ3) is 3.41. The highest BCUT2D eigenvalue weighted by atomic mass is 16.4. The van der Waals surface area contributed by atoms with E-state index in [1.807, 2.05) is 0 Å².